The lowest BCUT2D eigenvalue weighted by Crippen LogP contribution is -2.12. The minimum Gasteiger partial charge on any atom is -0.309 e. The Balaban J connectivity index is 2.61. The molecule has 0 aliphatic rings. The molecule has 70 valence electrons. The summed E-state index contributed by atoms with van der Waals surface area (Å²) in [6, 6.07) is 5.49. The van der Waals surface area contributed by atoms with Crippen LogP contribution in [0.3, 0.4) is 0 Å². The molecule has 3 heteroatoms. The molecule has 1 N–H and O–H groups in total. The molecule has 13 heavy (non-hydrogen) atoms. The van der Waals surface area contributed by atoms with Gasteiger partial charge in [0.15, 0.2) is 0 Å². The predicted molar refractivity (Wildman–Crippen MR) is 58.4 cm³/mol. The predicted octanol–water partition coefficient (Wildman–Crippen LogP) is 3.27. The first-order valence-electron chi connectivity index (χ1n) is 3.99. The van der Waals surface area contributed by atoms with Crippen LogP contribution in [0.4, 0.5) is 0 Å². The van der Waals surface area contributed by atoms with E-state index in [9.17, 15) is 0 Å². The molecule has 1 aromatic carbocycles. The number of hydrogen-bond acceptors (Lipinski definition) is 1. The maximum atomic E-state index is 5.96. The van der Waals surface area contributed by atoms with E-state index >= 15 is 0 Å². The van der Waals surface area contributed by atoms with Gasteiger partial charge >= 0.3 is 0 Å². The third-order valence-corrected chi connectivity index (χ3v) is 2.21. The monoisotopic (exact) mass is 215 g/mol. The molecular formula is C10H11Cl2N. The summed E-state index contributed by atoms with van der Waals surface area (Å²) in [7, 11) is 0. The quantitative estimate of drug-likeness (QED) is 0.601. The zero-order valence-electron chi connectivity index (χ0n) is 7.19. The van der Waals surface area contributed by atoms with Gasteiger partial charge < -0.3 is 5.32 Å². The van der Waals surface area contributed by atoms with E-state index in [2.05, 4.69) is 11.9 Å². The van der Waals surface area contributed by atoms with Crippen molar-refractivity contribution in [3.63, 3.8) is 0 Å². The van der Waals surface area contributed by atoms with Crippen molar-refractivity contribution in [1.82, 2.24) is 5.32 Å². The number of nitrogens with one attached hydrogen (secondary N) is 1. The Morgan fingerprint density at radius 2 is 2.15 bits per heavy atom. The molecule has 1 aromatic rings. The van der Waals surface area contributed by atoms with Gasteiger partial charge in [0.05, 0.1) is 0 Å². The first-order valence-corrected chi connectivity index (χ1v) is 4.75. The smallest absolute Gasteiger partial charge is 0.0465 e. The topological polar surface area (TPSA) is 12.0 Å². The molecule has 0 atom stereocenters. The van der Waals surface area contributed by atoms with Crippen LogP contribution in [0.5, 0.6) is 0 Å². The van der Waals surface area contributed by atoms with E-state index in [1.165, 1.54) is 0 Å². The molecular weight excluding hydrogens is 205 g/mol. The van der Waals surface area contributed by atoms with Crippen LogP contribution < -0.4 is 5.32 Å². The Kier molecular flexibility index (Phi) is 4.29. The van der Waals surface area contributed by atoms with Crippen molar-refractivity contribution in [2.75, 3.05) is 6.54 Å². The van der Waals surface area contributed by atoms with Gasteiger partial charge in [-0.15, -0.1) is 6.58 Å². The SMILES string of the molecule is C=CCNCc1ccc(Cl)cc1Cl. The van der Waals surface area contributed by atoms with Crippen molar-refractivity contribution >= 4 is 23.2 Å². The maximum absolute atomic E-state index is 5.96. The molecule has 0 saturated heterocycles. The molecule has 0 aromatic heterocycles. The fourth-order valence-corrected chi connectivity index (χ4v) is 1.45. The van der Waals surface area contributed by atoms with E-state index in [-0.39, 0.29) is 0 Å². The average molecular weight is 216 g/mol. The zero-order chi connectivity index (χ0) is 9.68. The summed E-state index contributed by atoms with van der Waals surface area (Å²) in [4.78, 5) is 0. The molecule has 0 aliphatic carbocycles. The molecule has 0 heterocycles. The Morgan fingerprint density at radius 1 is 1.38 bits per heavy atom. The van der Waals surface area contributed by atoms with Gasteiger partial charge in [0.1, 0.15) is 0 Å². The summed E-state index contributed by atoms with van der Waals surface area (Å²) in [5.74, 6) is 0. The van der Waals surface area contributed by atoms with Crippen LogP contribution in [0.25, 0.3) is 0 Å². The number of benzene rings is 1. The normalized spacial score (nSPS) is 10.0. The molecule has 1 rings (SSSR count). The van der Waals surface area contributed by atoms with Crippen molar-refractivity contribution in [1.29, 1.82) is 0 Å². The van der Waals surface area contributed by atoms with E-state index in [1.807, 2.05) is 18.2 Å². The second-order valence-corrected chi connectivity index (χ2v) is 3.50. The van der Waals surface area contributed by atoms with E-state index in [0.29, 0.717) is 10.0 Å². The van der Waals surface area contributed by atoms with Crippen molar-refractivity contribution in [3.8, 4) is 0 Å². The third-order valence-electron chi connectivity index (χ3n) is 1.62. The van der Waals surface area contributed by atoms with Crippen molar-refractivity contribution < 1.29 is 0 Å². The minimum absolute atomic E-state index is 0.664. The molecule has 0 amide bonds. The second-order valence-electron chi connectivity index (χ2n) is 2.66. The van der Waals surface area contributed by atoms with Gasteiger partial charge in [-0.05, 0) is 17.7 Å². The lowest BCUT2D eigenvalue weighted by molar-refractivity contribution is 0.761. The summed E-state index contributed by atoms with van der Waals surface area (Å²) in [5, 5.41) is 4.53. The van der Waals surface area contributed by atoms with Gasteiger partial charge in [0.25, 0.3) is 0 Å². The van der Waals surface area contributed by atoms with Crippen molar-refractivity contribution in [2.45, 2.75) is 6.54 Å². The van der Waals surface area contributed by atoms with Gasteiger partial charge in [0, 0.05) is 23.1 Å². The molecule has 0 fully saturated rings. The van der Waals surface area contributed by atoms with Crippen LogP contribution in [0.2, 0.25) is 10.0 Å². The molecule has 0 bridgehead atoms. The highest BCUT2D eigenvalue weighted by atomic mass is 35.5. The summed E-state index contributed by atoms with van der Waals surface area (Å²) in [5.41, 5.74) is 1.05. The Labute approximate surface area is 88.4 Å². The summed E-state index contributed by atoms with van der Waals surface area (Å²) in [6.45, 7) is 5.13. The highest BCUT2D eigenvalue weighted by Gasteiger charge is 1.99. The van der Waals surface area contributed by atoms with Crippen LogP contribution in [0.1, 0.15) is 5.56 Å². The third kappa shape index (κ3) is 3.39. The van der Waals surface area contributed by atoms with Crippen LogP contribution in [0, 0.1) is 0 Å². The highest BCUT2D eigenvalue weighted by Crippen LogP contribution is 2.20. The average Bonchev–Trinajstić information content (AvgIpc) is 2.09. The Hall–Kier alpha value is -0.500. The Morgan fingerprint density at radius 3 is 2.77 bits per heavy atom. The Bertz CT molecular complexity index is 297. The van der Waals surface area contributed by atoms with Crippen molar-refractivity contribution in [2.24, 2.45) is 0 Å². The van der Waals surface area contributed by atoms with Crippen LogP contribution in [-0.2, 0) is 6.54 Å². The van der Waals surface area contributed by atoms with Gasteiger partial charge in [-0.3, -0.25) is 0 Å². The lowest BCUT2D eigenvalue weighted by atomic mass is 10.2. The van der Waals surface area contributed by atoms with Gasteiger partial charge in [0.2, 0.25) is 0 Å². The zero-order valence-corrected chi connectivity index (χ0v) is 8.70. The highest BCUT2D eigenvalue weighted by molar-refractivity contribution is 6.35. The standard InChI is InChI=1S/C10H11Cl2N/c1-2-5-13-7-8-3-4-9(11)6-10(8)12/h2-4,6,13H,1,5,7H2. The maximum Gasteiger partial charge on any atom is 0.0465 e. The van der Waals surface area contributed by atoms with Gasteiger partial charge in [-0.2, -0.15) is 0 Å². The van der Waals surface area contributed by atoms with Crippen LogP contribution in [0.15, 0.2) is 30.9 Å². The summed E-state index contributed by atoms with van der Waals surface area (Å²) in [6.07, 6.45) is 1.81. The van der Waals surface area contributed by atoms with E-state index in [4.69, 9.17) is 23.2 Å². The largest absolute Gasteiger partial charge is 0.309 e. The first kappa shape index (κ1) is 10.6. The number of hydrogen-bond donors (Lipinski definition) is 1. The van der Waals surface area contributed by atoms with Crippen LogP contribution in [-0.4, -0.2) is 6.54 Å². The van der Waals surface area contributed by atoms with Gasteiger partial charge in [-0.1, -0.05) is 35.3 Å². The molecule has 0 aliphatic heterocycles. The fraction of sp³-hybridized carbons (Fsp3) is 0.200. The van der Waals surface area contributed by atoms with Crippen molar-refractivity contribution in [3.05, 3.63) is 46.5 Å². The van der Waals surface area contributed by atoms with E-state index in [1.54, 1.807) is 6.07 Å². The first-order chi connectivity index (χ1) is 6.24. The lowest BCUT2D eigenvalue weighted by Gasteiger charge is -2.04. The summed E-state index contributed by atoms with van der Waals surface area (Å²) < 4.78 is 0. The molecule has 0 saturated carbocycles. The molecule has 1 nitrogen and oxygen atoms in total. The molecule has 0 radical (unpaired) electrons. The van der Waals surface area contributed by atoms with Crippen LogP contribution >= 0.6 is 23.2 Å². The van der Waals surface area contributed by atoms with E-state index < -0.39 is 0 Å². The summed E-state index contributed by atoms with van der Waals surface area (Å²) >= 11 is 11.7. The van der Waals surface area contributed by atoms with Gasteiger partial charge in [-0.25, -0.2) is 0 Å². The molecule has 0 unspecified atom stereocenters. The minimum atomic E-state index is 0.664. The number of halogens is 2. The number of rotatable bonds is 4. The fourth-order valence-electron chi connectivity index (χ4n) is 0.974. The second kappa shape index (κ2) is 5.28. The molecule has 0 spiro atoms. The van der Waals surface area contributed by atoms with E-state index in [0.717, 1.165) is 18.7 Å².